The molecule has 0 N–H and O–H groups in total. The Hall–Kier alpha value is -0.180. The molecule has 0 bridgehead atoms. The summed E-state index contributed by atoms with van der Waals surface area (Å²) in [6.07, 6.45) is 7.44. The summed E-state index contributed by atoms with van der Waals surface area (Å²) in [6.45, 7) is 4.50. The largest absolute Gasteiger partial charge is 0.458 e. The van der Waals surface area contributed by atoms with E-state index in [0.717, 1.165) is 5.92 Å². The molecule has 0 heterocycles. The predicted molar refractivity (Wildman–Crippen MR) is 58.3 cm³/mol. The van der Waals surface area contributed by atoms with Crippen LogP contribution in [0.25, 0.3) is 0 Å². The first-order valence-corrected chi connectivity index (χ1v) is 5.47. The molecule has 0 amide bonds. The Labute approximate surface area is 86.5 Å². The predicted octanol–water partition coefficient (Wildman–Crippen LogP) is 3.66. The number of hydrogen-bond donors (Lipinski definition) is 1. The lowest BCUT2D eigenvalue weighted by atomic mass is 9.91. The van der Waals surface area contributed by atoms with Crippen molar-refractivity contribution in [2.75, 3.05) is 6.61 Å². The van der Waals surface area contributed by atoms with E-state index in [1.807, 2.05) is 0 Å². The van der Waals surface area contributed by atoms with Crippen LogP contribution in [0.1, 0.15) is 46.0 Å². The summed E-state index contributed by atoms with van der Waals surface area (Å²) in [7, 11) is 0. The molecule has 1 saturated carbocycles. The Kier molecular flexibility index (Phi) is 8.30. The Morgan fingerprint density at radius 2 is 1.92 bits per heavy atom. The van der Waals surface area contributed by atoms with Gasteiger partial charge in [0, 0.05) is 0 Å². The number of hydrogen-bond acceptors (Lipinski definition) is 2. The molecule has 0 radical (unpaired) electrons. The van der Waals surface area contributed by atoms with Crippen molar-refractivity contribution >= 4 is 17.9 Å². The van der Waals surface area contributed by atoms with Gasteiger partial charge in [-0.3, -0.25) is 0 Å². The third-order valence-corrected chi connectivity index (χ3v) is 2.29. The molecule has 3 heteroatoms. The maximum atomic E-state index is 9.69. The zero-order chi connectivity index (χ0) is 10.1. The van der Waals surface area contributed by atoms with Crippen LogP contribution in [0, 0.1) is 5.92 Å². The molecule has 1 aliphatic carbocycles. The first-order chi connectivity index (χ1) is 6.16. The van der Waals surface area contributed by atoms with E-state index in [2.05, 4.69) is 24.3 Å². The van der Waals surface area contributed by atoms with Gasteiger partial charge in [-0.1, -0.05) is 51.7 Å². The molecule has 0 aromatic carbocycles. The quantitative estimate of drug-likeness (QED) is 0.521. The standard InChI is InChI=1S/C7H14.C3H6O2S/c1-7-5-3-2-4-6-7;1-2-5-3(4)6/h7H,2-6H2,1H3;2H2,1H3,(H,4,6). The molecule has 1 aliphatic rings. The average Bonchev–Trinajstić information content (AvgIpc) is 2.06. The smallest absolute Gasteiger partial charge is 0.364 e. The van der Waals surface area contributed by atoms with Crippen molar-refractivity contribution in [3.8, 4) is 0 Å². The fraction of sp³-hybridized carbons (Fsp3) is 0.900. The van der Waals surface area contributed by atoms with E-state index in [0.29, 0.717) is 6.61 Å². The van der Waals surface area contributed by atoms with Crippen LogP contribution < -0.4 is 0 Å². The van der Waals surface area contributed by atoms with Gasteiger partial charge in [-0.2, -0.15) is 0 Å². The summed E-state index contributed by atoms with van der Waals surface area (Å²) in [5.74, 6) is 1.04. The minimum atomic E-state index is -0.516. The van der Waals surface area contributed by atoms with Crippen LogP contribution in [0.15, 0.2) is 0 Å². The average molecular weight is 204 g/mol. The van der Waals surface area contributed by atoms with Crippen molar-refractivity contribution in [2.24, 2.45) is 5.92 Å². The van der Waals surface area contributed by atoms with Gasteiger partial charge >= 0.3 is 5.30 Å². The number of carbonyl (C=O) groups is 1. The monoisotopic (exact) mass is 204 g/mol. The highest BCUT2D eigenvalue weighted by atomic mass is 32.1. The third-order valence-electron chi connectivity index (χ3n) is 2.16. The van der Waals surface area contributed by atoms with Crippen molar-refractivity contribution < 1.29 is 9.53 Å². The third kappa shape index (κ3) is 9.74. The second kappa shape index (κ2) is 8.42. The van der Waals surface area contributed by atoms with Gasteiger partial charge in [0.2, 0.25) is 0 Å². The van der Waals surface area contributed by atoms with E-state index in [-0.39, 0.29) is 0 Å². The summed E-state index contributed by atoms with van der Waals surface area (Å²) in [5.41, 5.74) is 0. The van der Waals surface area contributed by atoms with E-state index in [9.17, 15) is 4.79 Å². The normalized spacial score (nSPS) is 17.2. The second-order valence-electron chi connectivity index (χ2n) is 3.44. The Morgan fingerprint density at radius 1 is 1.38 bits per heavy atom. The molecule has 1 fully saturated rings. The van der Waals surface area contributed by atoms with Gasteiger partial charge in [0.1, 0.15) is 0 Å². The first kappa shape index (κ1) is 12.8. The minimum absolute atomic E-state index is 0.405. The lowest BCUT2D eigenvalue weighted by Crippen LogP contribution is -1.99. The van der Waals surface area contributed by atoms with Crippen molar-refractivity contribution in [1.82, 2.24) is 0 Å². The Bertz CT molecular complexity index is 131. The summed E-state index contributed by atoms with van der Waals surface area (Å²) in [5, 5.41) is -0.516. The van der Waals surface area contributed by atoms with Gasteiger partial charge in [-0.05, 0) is 12.8 Å². The van der Waals surface area contributed by atoms with Crippen molar-refractivity contribution in [2.45, 2.75) is 46.0 Å². The van der Waals surface area contributed by atoms with Crippen molar-refractivity contribution in [3.05, 3.63) is 0 Å². The van der Waals surface area contributed by atoms with Crippen molar-refractivity contribution in [3.63, 3.8) is 0 Å². The number of thiol groups is 1. The van der Waals surface area contributed by atoms with Gasteiger partial charge in [0.15, 0.2) is 0 Å². The minimum Gasteiger partial charge on any atom is -0.458 e. The molecule has 13 heavy (non-hydrogen) atoms. The van der Waals surface area contributed by atoms with Gasteiger partial charge in [-0.15, -0.1) is 0 Å². The van der Waals surface area contributed by atoms with Crippen molar-refractivity contribution in [1.29, 1.82) is 0 Å². The van der Waals surface area contributed by atoms with Crippen LogP contribution in [0.2, 0.25) is 0 Å². The topological polar surface area (TPSA) is 26.3 Å². The SMILES string of the molecule is CC1CCCCC1.CCOC(=O)S. The zero-order valence-electron chi connectivity index (χ0n) is 8.58. The van der Waals surface area contributed by atoms with E-state index < -0.39 is 5.30 Å². The summed E-state index contributed by atoms with van der Waals surface area (Å²) < 4.78 is 4.27. The van der Waals surface area contributed by atoms with Crippen LogP contribution in [0.3, 0.4) is 0 Å². The molecule has 0 spiro atoms. The molecular weight excluding hydrogens is 184 g/mol. The van der Waals surface area contributed by atoms with Gasteiger partial charge < -0.3 is 4.74 Å². The lowest BCUT2D eigenvalue weighted by Gasteiger charge is -2.15. The zero-order valence-corrected chi connectivity index (χ0v) is 9.48. The van der Waals surface area contributed by atoms with E-state index in [4.69, 9.17) is 0 Å². The van der Waals surface area contributed by atoms with Crippen LogP contribution in [0.4, 0.5) is 4.79 Å². The van der Waals surface area contributed by atoms with Gasteiger partial charge in [-0.25, -0.2) is 4.79 Å². The van der Waals surface area contributed by atoms with E-state index in [1.54, 1.807) is 6.92 Å². The Morgan fingerprint density at radius 3 is 2.08 bits per heavy atom. The molecule has 0 saturated heterocycles. The maximum Gasteiger partial charge on any atom is 0.364 e. The van der Waals surface area contributed by atoms with Crippen LogP contribution in [-0.2, 0) is 4.74 Å². The van der Waals surface area contributed by atoms with E-state index in [1.165, 1.54) is 32.1 Å². The first-order valence-electron chi connectivity index (χ1n) is 5.02. The highest BCUT2D eigenvalue weighted by Gasteiger charge is 2.05. The molecule has 2 nitrogen and oxygen atoms in total. The van der Waals surface area contributed by atoms with Gasteiger partial charge in [0.05, 0.1) is 6.61 Å². The molecule has 0 unspecified atom stereocenters. The van der Waals surface area contributed by atoms with Crippen LogP contribution in [-0.4, -0.2) is 11.9 Å². The fourth-order valence-corrected chi connectivity index (χ4v) is 1.56. The van der Waals surface area contributed by atoms with Crippen LogP contribution in [0.5, 0.6) is 0 Å². The van der Waals surface area contributed by atoms with Gasteiger partial charge in [0.25, 0.3) is 0 Å². The highest BCUT2D eigenvalue weighted by molar-refractivity contribution is 7.96. The molecular formula is C10H20O2S. The summed E-state index contributed by atoms with van der Waals surface area (Å²) in [6, 6.07) is 0. The molecule has 0 aromatic rings. The molecule has 1 rings (SSSR count). The number of rotatable bonds is 1. The molecule has 0 atom stereocenters. The fourth-order valence-electron chi connectivity index (χ4n) is 1.43. The number of ether oxygens (including phenoxy) is 1. The Balaban J connectivity index is 0.000000226. The van der Waals surface area contributed by atoms with E-state index >= 15 is 0 Å². The summed E-state index contributed by atoms with van der Waals surface area (Å²) >= 11 is 3.32. The maximum absolute atomic E-state index is 9.69. The number of carbonyl (C=O) groups excluding carboxylic acids is 1. The highest BCUT2D eigenvalue weighted by Crippen LogP contribution is 2.22. The molecule has 0 aliphatic heterocycles. The second-order valence-corrected chi connectivity index (χ2v) is 3.81. The molecule has 0 aromatic heterocycles. The molecule has 78 valence electrons. The van der Waals surface area contributed by atoms with Crippen LogP contribution >= 0.6 is 12.6 Å². The summed E-state index contributed by atoms with van der Waals surface area (Å²) in [4.78, 5) is 9.69. The lowest BCUT2D eigenvalue weighted by molar-refractivity contribution is 0.182.